The zero-order chi connectivity index (χ0) is 18.7. The lowest BCUT2D eigenvalue weighted by atomic mass is 9.89. The molecule has 3 rings (SSSR count). The quantitative estimate of drug-likeness (QED) is 0.890. The number of hydrogen-bond acceptors (Lipinski definition) is 5. The van der Waals surface area contributed by atoms with Crippen LogP contribution in [0.4, 0.5) is 0 Å². The van der Waals surface area contributed by atoms with Crippen molar-refractivity contribution in [3.8, 4) is 6.07 Å². The van der Waals surface area contributed by atoms with E-state index in [2.05, 4.69) is 17.2 Å². The van der Waals surface area contributed by atoms with E-state index in [0.717, 1.165) is 23.9 Å². The van der Waals surface area contributed by atoms with Gasteiger partial charge in [-0.05, 0) is 49.8 Å². The van der Waals surface area contributed by atoms with Crippen LogP contribution in [0.25, 0.3) is 0 Å². The minimum Gasteiger partial charge on any atom is -0.389 e. The molecule has 2 atom stereocenters. The fourth-order valence-electron chi connectivity index (χ4n) is 3.39. The smallest absolute Gasteiger partial charge is 0.285 e. The van der Waals surface area contributed by atoms with Crippen LogP contribution in [0.1, 0.15) is 46.9 Å². The van der Waals surface area contributed by atoms with Gasteiger partial charge in [-0.25, -0.2) is 4.68 Å². The van der Waals surface area contributed by atoms with Gasteiger partial charge in [0.15, 0.2) is 0 Å². The number of aliphatic hydroxyl groups excluding tert-OH is 1. The molecule has 0 amide bonds. The summed E-state index contributed by atoms with van der Waals surface area (Å²) in [4.78, 5) is 12.3. The van der Waals surface area contributed by atoms with Crippen molar-refractivity contribution in [2.75, 3.05) is 6.61 Å². The van der Waals surface area contributed by atoms with Crippen LogP contribution in [-0.2, 0) is 17.7 Å². The first-order valence-corrected chi connectivity index (χ1v) is 8.87. The minimum atomic E-state index is -0.872. The molecule has 136 valence electrons. The maximum atomic E-state index is 12.3. The molecule has 0 unspecified atom stereocenters. The Bertz CT molecular complexity index is 898. The molecule has 1 aliphatic carbocycles. The van der Waals surface area contributed by atoms with Crippen LogP contribution in [-0.4, -0.2) is 27.6 Å². The number of ether oxygens (including phenoxy) is 1. The summed E-state index contributed by atoms with van der Waals surface area (Å²) in [6, 6.07) is 10.1. The number of benzene rings is 1. The van der Waals surface area contributed by atoms with Gasteiger partial charge in [0.25, 0.3) is 5.56 Å². The van der Waals surface area contributed by atoms with E-state index in [-0.39, 0.29) is 24.8 Å². The third-order valence-electron chi connectivity index (χ3n) is 4.94. The molecule has 6 nitrogen and oxygen atoms in total. The molecular weight excluding hydrogens is 330 g/mol. The molecule has 0 saturated carbocycles. The summed E-state index contributed by atoms with van der Waals surface area (Å²) in [6.45, 7) is 3.56. The van der Waals surface area contributed by atoms with E-state index in [1.165, 1.54) is 11.1 Å². The summed E-state index contributed by atoms with van der Waals surface area (Å²) in [5, 5.41) is 23.7. The van der Waals surface area contributed by atoms with Crippen LogP contribution in [0.3, 0.4) is 0 Å². The summed E-state index contributed by atoms with van der Waals surface area (Å²) in [7, 11) is 0. The van der Waals surface area contributed by atoms with E-state index in [0.29, 0.717) is 11.3 Å². The molecule has 6 heteroatoms. The van der Waals surface area contributed by atoms with Gasteiger partial charge in [-0.15, -0.1) is 0 Å². The number of aryl methyl sites for hydroxylation is 2. The fourth-order valence-corrected chi connectivity index (χ4v) is 3.39. The third kappa shape index (κ3) is 3.69. The molecule has 26 heavy (non-hydrogen) atoms. The molecule has 2 aromatic rings. The predicted molar refractivity (Wildman–Crippen MR) is 96.8 cm³/mol. The highest BCUT2D eigenvalue weighted by Gasteiger charge is 2.22. The summed E-state index contributed by atoms with van der Waals surface area (Å²) in [5.74, 6) is 0. The molecule has 1 aromatic heterocycles. The van der Waals surface area contributed by atoms with E-state index in [1.807, 2.05) is 18.2 Å². The number of nitrogens with zero attached hydrogens (tertiary/aromatic N) is 3. The Labute approximate surface area is 152 Å². The van der Waals surface area contributed by atoms with Gasteiger partial charge in [-0.2, -0.15) is 10.4 Å². The lowest BCUT2D eigenvalue weighted by Crippen LogP contribution is -2.34. The van der Waals surface area contributed by atoms with Gasteiger partial charge in [0.2, 0.25) is 0 Å². The number of fused-ring (bicyclic) bond motifs is 1. The first-order valence-electron chi connectivity index (χ1n) is 8.87. The lowest BCUT2D eigenvalue weighted by molar-refractivity contribution is -0.0240. The first-order chi connectivity index (χ1) is 12.5. The highest BCUT2D eigenvalue weighted by atomic mass is 16.5. The van der Waals surface area contributed by atoms with Gasteiger partial charge in [-0.3, -0.25) is 4.79 Å². The lowest BCUT2D eigenvalue weighted by Gasteiger charge is -2.26. The maximum Gasteiger partial charge on any atom is 0.285 e. The summed E-state index contributed by atoms with van der Waals surface area (Å²) in [6.07, 6.45) is 2.12. The van der Waals surface area contributed by atoms with Crippen LogP contribution < -0.4 is 5.56 Å². The van der Waals surface area contributed by atoms with Crippen molar-refractivity contribution in [1.29, 1.82) is 5.26 Å². The van der Waals surface area contributed by atoms with Crippen molar-refractivity contribution < 1.29 is 9.84 Å². The van der Waals surface area contributed by atoms with Gasteiger partial charge in [-0.1, -0.05) is 24.3 Å². The van der Waals surface area contributed by atoms with Gasteiger partial charge in [0, 0.05) is 0 Å². The highest BCUT2D eigenvalue weighted by molar-refractivity contribution is 5.36. The Morgan fingerprint density at radius 3 is 2.96 bits per heavy atom. The normalized spacial score (nSPS) is 17.4. The van der Waals surface area contributed by atoms with Crippen molar-refractivity contribution in [3.05, 3.63) is 62.6 Å². The monoisotopic (exact) mass is 353 g/mol. The Morgan fingerprint density at radius 1 is 1.42 bits per heavy atom. The first kappa shape index (κ1) is 18.3. The standard InChI is InChI=1S/C20H23N3O3/c1-13-14(2)22-23(20(25)18(13)10-21)11-16(24)12-26-19-9-5-7-15-6-3-4-8-17(15)19/h3-4,6,8,16,19,24H,5,7,9,11-12H2,1-2H3/t16-,19-/m0/s1. The molecule has 0 saturated heterocycles. The van der Waals surface area contributed by atoms with E-state index >= 15 is 0 Å². The zero-order valence-electron chi connectivity index (χ0n) is 15.1. The van der Waals surface area contributed by atoms with Crippen LogP contribution in [0.15, 0.2) is 29.1 Å². The van der Waals surface area contributed by atoms with Crippen molar-refractivity contribution in [1.82, 2.24) is 9.78 Å². The van der Waals surface area contributed by atoms with Crippen molar-refractivity contribution >= 4 is 0 Å². The Hall–Kier alpha value is -2.49. The van der Waals surface area contributed by atoms with Crippen LogP contribution >= 0.6 is 0 Å². The SMILES string of the molecule is Cc1nn(C[C@H](O)CO[C@H]2CCCc3ccccc32)c(=O)c(C#N)c1C. The second kappa shape index (κ2) is 7.81. The molecule has 1 heterocycles. The topological polar surface area (TPSA) is 88.1 Å². The van der Waals surface area contributed by atoms with Gasteiger partial charge < -0.3 is 9.84 Å². The Balaban J connectivity index is 1.68. The van der Waals surface area contributed by atoms with E-state index in [9.17, 15) is 15.2 Å². The third-order valence-corrected chi connectivity index (χ3v) is 4.94. The van der Waals surface area contributed by atoms with Gasteiger partial charge in [0.1, 0.15) is 11.6 Å². The van der Waals surface area contributed by atoms with Crippen molar-refractivity contribution in [2.45, 2.75) is 51.9 Å². The molecule has 1 N–H and O–H groups in total. The van der Waals surface area contributed by atoms with Crippen molar-refractivity contribution in [3.63, 3.8) is 0 Å². The maximum absolute atomic E-state index is 12.3. The molecule has 0 fully saturated rings. The van der Waals surface area contributed by atoms with Gasteiger partial charge >= 0.3 is 0 Å². The number of nitriles is 1. The van der Waals surface area contributed by atoms with E-state index in [4.69, 9.17) is 4.74 Å². The minimum absolute atomic E-state index is 0.00298. The molecule has 1 aromatic carbocycles. The second-order valence-corrected chi connectivity index (χ2v) is 6.75. The van der Waals surface area contributed by atoms with Crippen LogP contribution in [0.2, 0.25) is 0 Å². The molecule has 0 spiro atoms. The highest BCUT2D eigenvalue weighted by Crippen LogP contribution is 2.32. The molecule has 0 radical (unpaired) electrons. The average Bonchev–Trinajstić information content (AvgIpc) is 2.65. The fraction of sp³-hybridized carbons (Fsp3) is 0.450. The Morgan fingerprint density at radius 2 is 2.19 bits per heavy atom. The largest absolute Gasteiger partial charge is 0.389 e. The summed E-state index contributed by atoms with van der Waals surface area (Å²) in [5.41, 5.74) is 3.27. The summed E-state index contributed by atoms with van der Waals surface area (Å²) < 4.78 is 7.09. The number of aliphatic hydroxyl groups is 1. The Kier molecular flexibility index (Phi) is 5.50. The molecule has 1 aliphatic rings. The molecular formula is C20H23N3O3. The molecule has 0 aliphatic heterocycles. The summed E-state index contributed by atoms with van der Waals surface area (Å²) >= 11 is 0. The predicted octanol–water partition coefficient (Wildman–Crippen LogP) is 2.19. The zero-order valence-corrected chi connectivity index (χ0v) is 15.1. The van der Waals surface area contributed by atoms with E-state index in [1.54, 1.807) is 13.8 Å². The average molecular weight is 353 g/mol. The second-order valence-electron chi connectivity index (χ2n) is 6.75. The number of hydrogen-bond donors (Lipinski definition) is 1. The van der Waals surface area contributed by atoms with Crippen molar-refractivity contribution in [2.24, 2.45) is 0 Å². The van der Waals surface area contributed by atoms with Gasteiger partial charge in [0.05, 0.1) is 31.1 Å². The van der Waals surface area contributed by atoms with Crippen LogP contribution in [0.5, 0.6) is 0 Å². The van der Waals surface area contributed by atoms with Crippen LogP contribution in [0, 0.1) is 25.2 Å². The number of rotatable bonds is 5. The molecule has 0 bridgehead atoms. The number of aromatic nitrogens is 2. The van der Waals surface area contributed by atoms with E-state index < -0.39 is 11.7 Å².